The lowest BCUT2D eigenvalue weighted by Gasteiger charge is -2.47. The van der Waals surface area contributed by atoms with Crippen molar-refractivity contribution in [2.24, 2.45) is 0 Å². The molecule has 0 aliphatic carbocycles. The van der Waals surface area contributed by atoms with Crippen LogP contribution in [0.25, 0.3) is 11.4 Å². The average Bonchev–Trinajstić information content (AvgIpc) is 2.66. The normalized spacial score (nSPS) is 14.3. The Kier molecular flexibility index (Phi) is 6.40. The molecule has 1 N–H and O–H groups in total. The van der Waals surface area contributed by atoms with Crippen LogP contribution in [-0.4, -0.2) is 25.8 Å². The molecule has 0 saturated heterocycles. The predicted octanol–water partition coefficient (Wildman–Crippen LogP) is 5.34. The summed E-state index contributed by atoms with van der Waals surface area (Å²) in [5, 5.41) is 13.5. The molecule has 0 fully saturated rings. The summed E-state index contributed by atoms with van der Waals surface area (Å²) in [7, 11) is -4.10. The van der Waals surface area contributed by atoms with Crippen LogP contribution in [-0.2, 0) is 0 Å². The van der Waals surface area contributed by atoms with Crippen LogP contribution >= 0.6 is 0 Å². The molecule has 0 spiro atoms. The van der Waals surface area contributed by atoms with E-state index in [1.54, 1.807) is 0 Å². The Balaban J connectivity index is 2.34. The van der Waals surface area contributed by atoms with Crippen LogP contribution in [0, 0.1) is 0 Å². The molecule has 0 unspecified atom stereocenters. The molecule has 3 heterocycles. The standard InChI is InChI=1S/C26H44N2O2Si2/c1-15(2)31(16(3)4,17(5)6)25-23(29)21-14-28-22(13-27(21)25)24(30)26(28)32(18(7)8,19(9)10)20(11)12/h13-20H,1-12H3/p+1. The highest BCUT2D eigenvalue weighted by molar-refractivity contribution is 6.95. The van der Waals surface area contributed by atoms with Crippen molar-refractivity contribution in [3.05, 3.63) is 22.6 Å². The van der Waals surface area contributed by atoms with Gasteiger partial charge in [0.25, 0.3) is 5.69 Å². The van der Waals surface area contributed by atoms with Crippen molar-refractivity contribution in [1.29, 1.82) is 0 Å². The lowest BCUT2D eigenvalue weighted by molar-refractivity contribution is -0.594. The molecule has 0 aromatic heterocycles. The first kappa shape index (κ1) is 25.2. The van der Waals surface area contributed by atoms with E-state index in [0.29, 0.717) is 39.0 Å². The SMILES string of the molecule is CC(C)[Si](c1c(O)c2c[n+]3c([Si](C(C)C)(C(C)C)C(C)C)c(=O)c-3cn1-2)(C(C)C)C(C)C. The molecule has 0 aromatic carbocycles. The Morgan fingerprint density at radius 2 is 1.16 bits per heavy atom. The first-order chi connectivity index (χ1) is 14.7. The summed E-state index contributed by atoms with van der Waals surface area (Å²) in [5.41, 5.74) is 4.81. The van der Waals surface area contributed by atoms with Gasteiger partial charge in [0.2, 0.25) is 11.5 Å². The maximum absolute atomic E-state index is 13.6. The predicted molar refractivity (Wildman–Crippen MR) is 141 cm³/mol. The molecule has 0 saturated carbocycles. The Morgan fingerprint density at radius 3 is 1.53 bits per heavy atom. The van der Waals surface area contributed by atoms with Crippen LogP contribution in [0.15, 0.2) is 17.2 Å². The maximum atomic E-state index is 13.6. The van der Waals surface area contributed by atoms with E-state index in [-0.39, 0.29) is 5.43 Å². The van der Waals surface area contributed by atoms with Crippen molar-refractivity contribution >= 4 is 26.8 Å². The van der Waals surface area contributed by atoms with E-state index < -0.39 is 16.1 Å². The van der Waals surface area contributed by atoms with E-state index in [0.717, 1.165) is 22.0 Å². The van der Waals surface area contributed by atoms with E-state index in [1.807, 2.05) is 6.20 Å². The van der Waals surface area contributed by atoms with Crippen LogP contribution in [0.3, 0.4) is 0 Å². The molecule has 0 atom stereocenters. The second-order valence-electron chi connectivity index (χ2n) is 11.9. The third-order valence-corrected chi connectivity index (χ3v) is 23.0. The van der Waals surface area contributed by atoms with Crippen molar-refractivity contribution in [3.8, 4) is 17.1 Å². The third-order valence-electron chi connectivity index (χ3n) is 8.97. The van der Waals surface area contributed by atoms with Gasteiger partial charge in [-0.1, -0.05) is 83.1 Å². The quantitative estimate of drug-likeness (QED) is 0.354. The van der Waals surface area contributed by atoms with Gasteiger partial charge in [-0.2, -0.15) is 4.57 Å². The number of aromatic nitrogens is 2. The molecule has 32 heavy (non-hydrogen) atoms. The van der Waals surface area contributed by atoms with Gasteiger partial charge in [-0.25, -0.2) is 0 Å². The minimum absolute atomic E-state index is 0.236. The van der Waals surface area contributed by atoms with Crippen LogP contribution in [0.2, 0.25) is 33.2 Å². The van der Waals surface area contributed by atoms with Crippen molar-refractivity contribution in [3.63, 3.8) is 0 Å². The molecular weight excluding hydrogens is 428 g/mol. The maximum Gasteiger partial charge on any atom is 0.312 e. The minimum atomic E-state index is -2.07. The van der Waals surface area contributed by atoms with Gasteiger partial charge in [0.1, 0.15) is 8.07 Å². The van der Waals surface area contributed by atoms with E-state index in [9.17, 15) is 9.90 Å². The van der Waals surface area contributed by atoms with E-state index in [2.05, 4.69) is 98.4 Å². The van der Waals surface area contributed by atoms with Gasteiger partial charge < -0.3 is 9.67 Å². The lowest BCUT2D eigenvalue weighted by Crippen LogP contribution is -2.80. The molecule has 3 aliphatic rings. The minimum Gasteiger partial charge on any atom is -0.504 e. The van der Waals surface area contributed by atoms with Gasteiger partial charge in [0.05, 0.1) is 11.5 Å². The number of hydrogen-bond donors (Lipinski definition) is 1. The van der Waals surface area contributed by atoms with Crippen molar-refractivity contribution < 1.29 is 9.67 Å². The van der Waals surface area contributed by atoms with Gasteiger partial charge in [-0.05, 0) is 33.2 Å². The van der Waals surface area contributed by atoms with Crippen LogP contribution in [0.5, 0.6) is 5.75 Å². The molecule has 3 aliphatic heterocycles. The monoisotopic (exact) mass is 473 g/mol. The Labute approximate surface area is 197 Å². The number of fused-ring (bicyclic) bond motifs is 2. The van der Waals surface area contributed by atoms with Crippen LogP contribution < -0.4 is 20.6 Å². The fourth-order valence-corrected chi connectivity index (χ4v) is 21.6. The topological polar surface area (TPSA) is 46.1 Å². The molecule has 6 heteroatoms. The molecule has 178 valence electrons. The zero-order chi connectivity index (χ0) is 24.5. The summed E-state index contributed by atoms with van der Waals surface area (Å²) in [6.07, 6.45) is 4.09. The zero-order valence-electron chi connectivity index (χ0n) is 22.4. The van der Waals surface area contributed by atoms with Crippen LogP contribution in [0.1, 0.15) is 83.1 Å². The first-order valence-electron chi connectivity index (χ1n) is 12.6. The van der Waals surface area contributed by atoms with Crippen molar-refractivity contribution in [1.82, 2.24) is 4.57 Å². The second kappa shape index (κ2) is 8.12. The van der Waals surface area contributed by atoms with Crippen LogP contribution in [0.4, 0.5) is 0 Å². The molecule has 0 amide bonds. The first-order valence-corrected chi connectivity index (χ1v) is 17.0. The van der Waals surface area contributed by atoms with Crippen molar-refractivity contribution in [2.75, 3.05) is 0 Å². The molecular formula is C26H45N2O2Si2+. The lowest BCUT2D eigenvalue weighted by atomic mass is 10.2. The number of hydrogen-bond acceptors (Lipinski definition) is 2. The third kappa shape index (κ3) is 2.90. The summed E-state index contributed by atoms with van der Waals surface area (Å²) >= 11 is 0. The summed E-state index contributed by atoms with van der Waals surface area (Å²) in [6.45, 7) is 27.6. The smallest absolute Gasteiger partial charge is 0.312 e. The molecule has 0 bridgehead atoms. The summed E-state index contributed by atoms with van der Waals surface area (Å²) in [4.78, 5) is 13.6. The summed E-state index contributed by atoms with van der Waals surface area (Å²) in [5.74, 6) is 0.465. The highest BCUT2D eigenvalue weighted by atomic mass is 28.3. The Bertz CT molecular complexity index is 1010. The van der Waals surface area contributed by atoms with Gasteiger partial charge in [-0.15, -0.1) is 0 Å². The highest BCUT2D eigenvalue weighted by Crippen LogP contribution is 2.46. The fraction of sp³-hybridized carbons (Fsp3) is 0.692. The number of aromatic hydroxyl groups is 1. The molecule has 3 rings (SSSR count). The highest BCUT2D eigenvalue weighted by Gasteiger charge is 2.58. The number of rotatable bonds is 8. The Morgan fingerprint density at radius 1 is 0.750 bits per heavy atom. The van der Waals surface area contributed by atoms with Gasteiger partial charge in [-0.3, -0.25) is 4.79 Å². The van der Waals surface area contributed by atoms with Crippen molar-refractivity contribution in [2.45, 2.75) is 116 Å². The fourth-order valence-electron chi connectivity index (χ4n) is 8.04. The largest absolute Gasteiger partial charge is 0.504 e. The summed E-state index contributed by atoms with van der Waals surface area (Å²) in [6, 6.07) is 0. The molecule has 4 nitrogen and oxygen atoms in total. The molecule has 0 aromatic rings. The zero-order valence-corrected chi connectivity index (χ0v) is 24.4. The summed E-state index contributed by atoms with van der Waals surface area (Å²) < 4.78 is 4.32. The molecule has 0 radical (unpaired) electrons. The van der Waals surface area contributed by atoms with Gasteiger partial charge in [0, 0.05) is 0 Å². The van der Waals surface area contributed by atoms with E-state index in [4.69, 9.17) is 0 Å². The van der Waals surface area contributed by atoms with E-state index >= 15 is 0 Å². The van der Waals surface area contributed by atoms with Gasteiger partial charge >= 0.3 is 5.43 Å². The second-order valence-corrected chi connectivity index (χ2v) is 23.5. The average molecular weight is 474 g/mol. The van der Waals surface area contributed by atoms with Gasteiger partial charge in [0.15, 0.2) is 19.5 Å². The van der Waals surface area contributed by atoms with E-state index in [1.165, 1.54) is 0 Å². The Hall–Kier alpha value is -1.41. The number of nitrogens with zero attached hydrogens (tertiary/aromatic N) is 2.